The predicted octanol–water partition coefficient (Wildman–Crippen LogP) is 3.48. The van der Waals surface area contributed by atoms with Crippen molar-refractivity contribution < 1.29 is 17.6 Å². The topological polar surface area (TPSA) is 110 Å². The first-order valence-electron chi connectivity index (χ1n) is 10.1. The first-order chi connectivity index (χ1) is 15.5. The van der Waals surface area contributed by atoms with E-state index in [0.29, 0.717) is 29.7 Å². The summed E-state index contributed by atoms with van der Waals surface area (Å²) >= 11 is 0. The van der Waals surface area contributed by atoms with Gasteiger partial charge in [0, 0.05) is 26.2 Å². The Morgan fingerprint density at radius 1 is 1.28 bits per heavy atom. The van der Waals surface area contributed by atoms with Gasteiger partial charge in [0.25, 0.3) is 5.78 Å². The number of hydrogen-bond donors (Lipinski definition) is 2. The zero-order chi connectivity index (χ0) is 23.3. The molecule has 1 aliphatic rings. The maximum Gasteiger partial charge on any atom is 0.259 e. The Bertz CT molecular complexity index is 998. The number of piperazine rings is 1. The molecule has 0 bridgehead atoms. The number of nitrogens with zero attached hydrogens (tertiary/aromatic N) is 6. The van der Waals surface area contributed by atoms with Crippen LogP contribution in [0, 0.1) is 0 Å². The molecule has 1 aliphatic heterocycles. The van der Waals surface area contributed by atoms with Crippen LogP contribution >= 0.6 is 0 Å². The van der Waals surface area contributed by atoms with Crippen LogP contribution in [0.5, 0.6) is 0 Å². The Kier molecular flexibility index (Phi) is 10.2. The maximum absolute atomic E-state index is 11.7. The fourth-order valence-corrected chi connectivity index (χ4v) is 2.55. The van der Waals surface area contributed by atoms with E-state index in [2.05, 4.69) is 30.3 Å². The summed E-state index contributed by atoms with van der Waals surface area (Å²) in [5, 5.41) is 7.56. The summed E-state index contributed by atoms with van der Waals surface area (Å²) in [4.78, 5) is 15.2. The van der Waals surface area contributed by atoms with Crippen molar-refractivity contribution in [2.45, 2.75) is 20.3 Å². The molecule has 3 aromatic heterocycles. The Morgan fingerprint density at radius 2 is 2.03 bits per heavy atom. The van der Waals surface area contributed by atoms with Gasteiger partial charge in [-0.1, -0.05) is 13.0 Å². The molecule has 0 amide bonds. The molecular weight excluding hydrogens is 425 g/mol. The van der Waals surface area contributed by atoms with Crippen LogP contribution in [0.2, 0.25) is 0 Å². The molecule has 0 unspecified atom stereocenters. The zero-order valence-electron chi connectivity index (χ0n) is 18.0. The first-order valence-corrected chi connectivity index (χ1v) is 10.1. The summed E-state index contributed by atoms with van der Waals surface area (Å²) in [7, 11) is 0. The van der Waals surface area contributed by atoms with E-state index in [1.54, 1.807) is 32.2 Å². The molecule has 3 aromatic rings. The van der Waals surface area contributed by atoms with Crippen molar-refractivity contribution in [3.8, 4) is 11.6 Å². The minimum atomic E-state index is -0.712. The van der Waals surface area contributed by atoms with Gasteiger partial charge in [-0.25, -0.2) is 13.2 Å². The van der Waals surface area contributed by atoms with Crippen LogP contribution in [0.15, 0.2) is 47.1 Å². The number of halogens is 3. The molecule has 0 aromatic carbocycles. The molecule has 12 heteroatoms. The number of nitrogen functional groups attached to an aromatic ring is 1. The first kappa shape index (κ1) is 24.9. The lowest BCUT2D eigenvalue weighted by Crippen LogP contribution is -2.44. The minimum absolute atomic E-state index is 0.0324. The predicted molar refractivity (Wildman–Crippen MR) is 117 cm³/mol. The standard InChI is InChI=1S/C12H14N8O.C5H9F.C3H4F2/c13-10-16-11(19-5-3-14-4-6-19)17-12-15-9(18-20(10)12)8-2-1-7-21-8;1-3-5(6)4-2;4-2-1-3-5/h1-2,7,14H,3-6H2,(H2,13,15,16,17,18);3H,4H2,1-2H3;1-2H,3H2/b;5-3+;2-1+. The van der Waals surface area contributed by atoms with Crippen LogP contribution in [0.3, 0.4) is 0 Å². The molecule has 9 nitrogen and oxygen atoms in total. The summed E-state index contributed by atoms with van der Waals surface area (Å²) in [6.07, 6.45) is 4.54. The van der Waals surface area contributed by atoms with Crippen molar-refractivity contribution in [3.05, 3.63) is 42.7 Å². The fraction of sp³-hybridized carbons (Fsp3) is 0.400. The Morgan fingerprint density at radius 3 is 2.53 bits per heavy atom. The molecule has 4 rings (SSSR count). The molecule has 4 heterocycles. The second-order valence-electron chi connectivity index (χ2n) is 6.35. The molecule has 0 atom stereocenters. The highest BCUT2D eigenvalue weighted by Gasteiger charge is 2.18. The highest BCUT2D eigenvalue weighted by atomic mass is 19.1. The number of hydrogen-bond acceptors (Lipinski definition) is 8. The molecule has 1 fully saturated rings. The average molecular weight is 452 g/mol. The monoisotopic (exact) mass is 452 g/mol. The number of fused-ring (bicyclic) bond motifs is 1. The van der Waals surface area contributed by atoms with E-state index in [1.807, 2.05) is 0 Å². The molecule has 0 aliphatic carbocycles. The van der Waals surface area contributed by atoms with Gasteiger partial charge in [-0.15, -0.1) is 5.10 Å². The number of nitrogens with two attached hydrogens (primary N) is 1. The number of aromatic nitrogens is 5. The van der Waals surface area contributed by atoms with Gasteiger partial charge in [0.15, 0.2) is 5.76 Å². The van der Waals surface area contributed by atoms with Crippen LogP contribution in [-0.2, 0) is 0 Å². The van der Waals surface area contributed by atoms with Crippen LogP contribution < -0.4 is 16.0 Å². The van der Waals surface area contributed by atoms with Crippen LogP contribution in [0.4, 0.5) is 25.1 Å². The lowest BCUT2D eigenvalue weighted by molar-refractivity contribution is 0.554. The van der Waals surface area contributed by atoms with Gasteiger partial charge in [0.2, 0.25) is 17.7 Å². The fourth-order valence-electron chi connectivity index (χ4n) is 2.55. The summed E-state index contributed by atoms with van der Waals surface area (Å²) in [6.45, 7) is 6.26. The lowest BCUT2D eigenvalue weighted by Gasteiger charge is -2.27. The number of nitrogens with one attached hydrogen (secondary N) is 1. The lowest BCUT2D eigenvalue weighted by atomic mass is 10.4. The highest BCUT2D eigenvalue weighted by Crippen LogP contribution is 2.18. The zero-order valence-corrected chi connectivity index (χ0v) is 18.0. The van der Waals surface area contributed by atoms with Crippen molar-refractivity contribution in [2.75, 3.05) is 43.5 Å². The molecule has 3 N–H and O–H groups in total. The smallest absolute Gasteiger partial charge is 0.259 e. The van der Waals surface area contributed by atoms with E-state index in [0.717, 1.165) is 32.3 Å². The molecule has 0 radical (unpaired) electrons. The summed E-state index contributed by atoms with van der Waals surface area (Å²) < 4.78 is 39.7. The third kappa shape index (κ3) is 7.08. The van der Waals surface area contributed by atoms with Gasteiger partial charge in [0.1, 0.15) is 6.67 Å². The molecule has 32 heavy (non-hydrogen) atoms. The van der Waals surface area contributed by atoms with E-state index in [4.69, 9.17) is 10.2 Å². The Labute approximate surface area is 183 Å². The van der Waals surface area contributed by atoms with Gasteiger partial charge in [0.05, 0.1) is 18.4 Å². The van der Waals surface area contributed by atoms with Crippen LogP contribution in [-0.4, -0.2) is 57.4 Å². The van der Waals surface area contributed by atoms with Crippen molar-refractivity contribution in [1.29, 1.82) is 0 Å². The van der Waals surface area contributed by atoms with Gasteiger partial charge in [-0.3, -0.25) is 0 Å². The number of allylic oxidation sites excluding steroid dienone is 3. The van der Waals surface area contributed by atoms with E-state index >= 15 is 0 Å². The molecule has 0 saturated carbocycles. The minimum Gasteiger partial charge on any atom is -0.461 e. The van der Waals surface area contributed by atoms with Gasteiger partial charge in [-0.2, -0.15) is 19.5 Å². The summed E-state index contributed by atoms with van der Waals surface area (Å²) in [5.74, 6) is 2.25. The second-order valence-corrected chi connectivity index (χ2v) is 6.35. The van der Waals surface area contributed by atoms with Crippen LogP contribution in [0.25, 0.3) is 17.4 Å². The molecule has 174 valence electrons. The number of alkyl halides is 1. The molecule has 1 saturated heterocycles. The third-order valence-electron chi connectivity index (χ3n) is 4.19. The maximum atomic E-state index is 11.7. The van der Waals surface area contributed by atoms with E-state index in [-0.39, 0.29) is 18.1 Å². The number of furan rings is 1. The number of anilines is 2. The van der Waals surface area contributed by atoms with Gasteiger partial charge < -0.3 is 20.4 Å². The largest absolute Gasteiger partial charge is 0.461 e. The third-order valence-corrected chi connectivity index (χ3v) is 4.19. The SMILES string of the molecule is C/C=C(/F)CC.F/C=C/CF.Nc1nc(N2CCNCC2)nc2nc(-c3ccco3)nn12. The van der Waals surface area contributed by atoms with E-state index in [1.165, 1.54) is 10.6 Å². The second kappa shape index (κ2) is 13.1. The molecule has 0 spiro atoms. The summed E-state index contributed by atoms with van der Waals surface area (Å²) in [5.41, 5.74) is 5.97. The van der Waals surface area contributed by atoms with E-state index < -0.39 is 6.67 Å². The van der Waals surface area contributed by atoms with Crippen molar-refractivity contribution in [2.24, 2.45) is 0 Å². The Balaban J connectivity index is 0.000000277. The summed E-state index contributed by atoms with van der Waals surface area (Å²) in [6, 6.07) is 3.57. The van der Waals surface area contributed by atoms with E-state index in [9.17, 15) is 13.2 Å². The van der Waals surface area contributed by atoms with Crippen LogP contribution in [0.1, 0.15) is 20.3 Å². The normalized spacial score (nSPS) is 14.2. The van der Waals surface area contributed by atoms with Crippen molar-refractivity contribution >= 4 is 17.7 Å². The number of rotatable bonds is 4. The van der Waals surface area contributed by atoms with Gasteiger partial charge in [-0.05, 0) is 31.6 Å². The van der Waals surface area contributed by atoms with Crippen molar-refractivity contribution in [1.82, 2.24) is 29.9 Å². The highest BCUT2D eigenvalue weighted by molar-refractivity contribution is 5.53. The Hall–Kier alpha value is -3.41. The molecular formula is C20H27F3N8O. The van der Waals surface area contributed by atoms with Crippen molar-refractivity contribution in [3.63, 3.8) is 0 Å². The van der Waals surface area contributed by atoms with Gasteiger partial charge >= 0.3 is 0 Å². The quantitative estimate of drug-likeness (QED) is 0.619. The average Bonchev–Trinajstić information content (AvgIpc) is 3.51.